The summed E-state index contributed by atoms with van der Waals surface area (Å²) in [5, 5.41) is 17.6. The van der Waals surface area contributed by atoms with Crippen LogP contribution >= 0.6 is 11.6 Å². The van der Waals surface area contributed by atoms with Gasteiger partial charge in [0.15, 0.2) is 11.5 Å². The molecule has 2 aromatic carbocycles. The summed E-state index contributed by atoms with van der Waals surface area (Å²) in [4.78, 5) is 75.4. The fourth-order valence-electron chi connectivity index (χ4n) is 8.84. The van der Waals surface area contributed by atoms with E-state index in [1.807, 2.05) is 12.1 Å². The lowest BCUT2D eigenvalue weighted by Crippen LogP contribution is -2.59. The Bertz CT molecular complexity index is 2100. The van der Waals surface area contributed by atoms with Crippen LogP contribution in [0.2, 0.25) is 5.02 Å². The van der Waals surface area contributed by atoms with Crippen LogP contribution in [-0.2, 0) is 9.59 Å². The molecule has 0 spiro atoms. The largest absolute Gasteiger partial charge is 0.490 e. The molecule has 1 aliphatic carbocycles. The van der Waals surface area contributed by atoms with E-state index in [1.165, 1.54) is 4.90 Å². The minimum Gasteiger partial charge on any atom is -0.490 e. The number of halogens is 1. The maximum atomic E-state index is 14.0. The topological polar surface area (TPSA) is 186 Å². The third-order valence-corrected chi connectivity index (χ3v) is 12.2. The number of hydrogen-bond acceptors (Lipinski definition) is 12. The van der Waals surface area contributed by atoms with Gasteiger partial charge in [-0.2, -0.15) is 5.26 Å². The summed E-state index contributed by atoms with van der Waals surface area (Å²) in [7, 11) is 0. The van der Waals surface area contributed by atoms with Gasteiger partial charge in [0.2, 0.25) is 5.91 Å². The standard InChI is InChI=1S/C40H42ClN9O6/c41-32-22-29(5-1-24(32)23-42)56-28-6-2-26(3-7-28)49-36(51)12-10-34(40(49)55)50-38(53)30-8-4-27(21-31(30)39(50)54)46-15-13-25(14-16-46)47-17-19-48(20-18-47)35-11-9-33(37(43)52)44-45-35/h1,4-5,8-9,11,21-22,25-26,28,34H,2-3,6-7,10,12-20H2,(H2,43,52). The number of nitrogens with two attached hydrogens (primary N) is 1. The van der Waals surface area contributed by atoms with Gasteiger partial charge in [-0.15, -0.1) is 10.2 Å². The van der Waals surface area contributed by atoms with E-state index in [4.69, 9.17) is 27.3 Å². The van der Waals surface area contributed by atoms with Gasteiger partial charge in [0, 0.05) is 69.5 Å². The maximum Gasteiger partial charge on any atom is 0.269 e. The van der Waals surface area contributed by atoms with E-state index in [-0.39, 0.29) is 47.7 Å². The van der Waals surface area contributed by atoms with Gasteiger partial charge in [-0.05, 0) is 87.4 Å². The molecular formula is C40H42ClN9O6. The Morgan fingerprint density at radius 3 is 2.16 bits per heavy atom. The molecule has 1 aromatic heterocycles. The second kappa shape index (κ2) is 15.5. The van der Waals surface area contributed by atoms with Crippen molar-refractivity contribution >= 4 is 52.6 Å². The van der Waals surface area contributed by atoms with Gasteiger partial charge >= 0.3 is 0 Å². The second-order valence-electron chi connectivity index (χ2n) is 15.1. The Balaban J connectivity index is 0.856. The monoisotopic (exact) mass is 779 g/mol. The molecule has 1 saturated carbocycles. The minimum absolute atomic E-state index is 0.0668. The quantitative estimate of drug-likeness (QED) is 0.329. The summed E-state index contributed by atoms with van der Waals surface area (Å²) in [6.45, 7) is 4.94. The number of carbonyl (C=O) groups is 5. The number of primary amides is 1. The molecule has 15 nitrogen and oxygen atoms in total. The second-order valence-corrected chi connectivity index (χ2v) is 15.5. The number of piperazine rings is 1. The van der Waals surface area contributed by atoms with Crippen LogP contribution in [0.4, 0.5) is 11.5 Å². The summed E-state index contributed by atoms with van der Waals surface area (Å²) in [6.07, 6.45) is 4.16. The zero-order valence-corrected chi connectivity index (χ0v) is 31.6. The molecule has 5 aliphatic rings. The molecule has 56 heavy (non-hydrogen) atoms. The highest BCUT2D eigenvalue weighted by atomic mass is 35.5. The van der Waals surface area contributed by atoms with Crippen LogP contribution in [0.1, 0.15) is 88.1 Å². The van der Waals surface area contributed by atoms with Gasteiger partial charge in [0.25, 0.3) is 23.6 Å². The number of nitrogens with zero attached hydrogens (tertiary/aromatic N) is 8. The summed E-state index contributed by atoms with van der Waals surface area (Å²) < 4.78 is 6.10. The Hall–Kier alpha value is -5.59. The van der Waals surface area contributed by atoms with Crippen molar-refractivity contribution in [2.24, 2.45) is 5.73 Å². The molecule has 290 valence electrons. The van der Waals surface area contributed by atoms with Gasteiger partial charge in [0.1, 0.15) is 17.9 Å². The zero-order valence-electron chi connectivity index (χ0n) is 30.8. The summed E-state index contributed by atoms with van der Waals surface area (Å²) in [5.74, 6) is -1.12. The molecule has 3 aromatic rings. The first kappa shape index (κ1) is 37.3. The van der Waals surface area contributed by atoms with E-state index in [9.17, 15) is 24.0 Å². The third-order valence-electron chi connectivity index (χ3n) is 11.9. The van der Waals surface area contributed by atoms with Crippen molar-refractivity contribution in [1.29, 1.82) is 5.26 Å². The van der Waals surface area contributed by atoms with E-state index in [2.05, 4.69) is 24.9 Å². The number of likely N-dealkylation sites (tertiary alicyclic amines) is 1. The van der Waals surface area contributed by atoms with E-state index in [0.717, 1.165) is 68.5 Å². The molecule has 1 atom stereocenters. The van der Waals surface area contributed by atoms with Crippen LogP contribution < -0.4 is 20.3 Å². The number of piperidine rings is 2. The number of rotatable bonds is 8. The van der Waals surface area contributed by atoms with Crippen molar-refractivity contribution in [1.82, 2.24) is 24.9 Å². The molecule has 5 heterocycles. The Kier molecular flexibility index (Phi) is 10.3. The number of fused-ring (bicyclic) bond motifs is 1. The highest BCUT2D eigenvalue weighted by molar-refractivity contribution is 6.31. The number of carbonyl (C=O) groups excluding carboxylic acids is 5. The van der Waals surface area contributed by atoms with Crippen molar-refractivity contribution in [3.8, 4) is 11.8 Å². The average Bonchev–Trinajstić information content (AvgIpc) is 3.46. The van der Waals surface area contributed by atoms with Crippen LogP contribution in [0.25, 0.3) is 0 Å². The van der Waals surface area contributed by atoms with Crippen LogP contribution in [-0.4, -0.2) is 118 Å². The van der Waals surface area contributed by atoms with Crippen LogP contribution in [0.3, 0.4) is 0 Å². The number of ether oxygens (including phenoxy) is 1. The lowest BCUT2D eigenvalue weighted by Gasteiger charge is -2.43. The van der Waals surface area contributed by atoms with Crippen LogP contribution in [0.15, 0.2) is 48.5 Å². The van der Waals surface area contributed by atoms with E-state index < -0.39 is 29.7 Å². The van der Waals surface area contributed by atoms with E-state index in [0.29, 0.717) is 48.1 Å². The molecule has 4 aliphatic heterocycles. The predicted molar refractivity (Wildman–Crippen MR) is 204 cm³/mol. The molecular weight excluding hydrogens is 738 g/mol. The minimum atomic E-state index is -1.05. The molecule has 1 unspecified atom stereocenters. The first-order valence-corrected chi connectivity index (χ1v) is 19.6. The lowest BCUT2D eigenvalue weighted by molar-refractivity contribution is -0.155. The fraction of sp³-hybridized carbons (Fsp3) is 0.450. The lowest BCUT2D eigenvalue weighted by atomic mass is 9.89. The van der Waals surface area contributed by atoms with Crippen molar-refractivity contribution in [2.75, 3.05) is 49.1 Å². The van der Waals surface area contributed by atoms with Crippen LogP contribution in [0, 0.1) is 11.3 Å². The smallest absolute Gasteiger partial charge is 0.269 e. The van der Waals surface area contributed by atoms with Gasteiger partial charge in [-0.25, -0.2) is 0 Å². The molecule has 0 radical (unpaired) electrons. The van der Waals surface area contributed by atoms with Gasteiger partial charge < -0.3 is 20.3 Å². The molecule has 0 bridgehead atoms. The molecule has 2 N–H and O–H groups in total. The molecule has 8 rings (SSSR count). The first-order valence-electron chi connectivity index (χ1n) is 19.2. The van der Waals surface area contributed by atoms with Crippen molar-refractivity contribution < 1.29 is 28.7 Å². The van der Waals surface area contributed by atoms with Gasteiger partial charge in [-0.3, -0.25) is 38.7 Å². The normalized spacial score (nSPS) is 23.7. The molecule has 3 saturated heterocycles. The van der Waals surface area contributed by atoms with Crippen molar-refractivity contribution in [3.05, 3.63) is 75.9 Å². The fourth-order valence-corrected chi connectivity index (χ4v) is 9.05. The number of benzene rings is 2. The Labute approximate surface area is 328 Å². The average molecular weight is 780 g/mol. The number of anilines is 2. The number of nitriles is 1. The third kappa shape index (κ3) is 7.14. The Morgan fingerprint density at radius 2 is 1.50 bits per heavy atom. The predicted octanol–water partition coefficient (Wildman–Crippen LogP) is 3.40. The molecule has 16 heteroatoms. The maximum absolute atomic E-state index is 14.0. The first-order chi connectivity index (χ1) is 27.1. The SMILES string of the molecule is N#Cc1ccc(OC2CCC(N3C(=O)CCC(N4C(=O)c5ccc(N6CCC(N7CCN(c8ccc(C(N)=O)nn8)CC7)CC6)cc5C4=O)C3=O)CC2)cc1Cl. The highest BCUT2D eigenvalue weighted by Crippen LogP contribution is 2.36. The van der Waals surface area contributed by atoms with Gasteiger partial charge in [0.05, 0.1) is 27.8 Å². The molecule has 5 amide bonds. The van der Waals surface area contributed by atoms with Crippen molar-refractivity contribution in [2.45, 2.75) is 75.6 Å². The van der Waals surface area contributed by atoms with E-state index in [1.54, 1.807) is 42.5 Å². The summed E-state index contributed by atoms with van der Waals surface area (Å²) >= 11 is 6.17. The highest BCUT2D eigenvalue weighted by Gasteiger charge is 2.49. The number of imide groups is 2. The number of aromatic nitrogens is 2. The summed E-state index contributed by atoms with van der Waals surface area (Å²) in [5.41, 5.74) is 7.22. The zero-order chi connectivity index (χ0) is 39.1. The van der Waals surface area contributed by atoms with Gasteiger partial charge in [-0.1, -0.05) is 11.6 Å². The summed E-state index contributed by atoms with van der Waals surface area (Å²) in [6, 6.07) is 14.7. The van der Waals surface area contributed by atoms with Crippen molar-refractivity contribution in [3.63, 3.8) is 0 Å². The van der Waals surface area contributed by atoms with E-state index >= 15 is 0 Å². The molecule has 4 fully saturated rings. The van der Waals surface area contributed by atoms with Crippen LogP contribution in [0.5, 0.6) is 5.75 Å². The number of amides is 5. The number of hydrogen-bond donors (Lipinski definition) is 1. The Morgan fingerprint density at radius 1 is 0.768 bits per heavy atom.